The average molecular weight is 444 g/mol. The summed E-state index contributed by atoms with van der Waals surface area (Å²) in [5.74, 6) is 1.32. The topological polar surface area (TPSA) is 51.0 Å². The fourth-order valence-electron chi connectivity index (χ4n) is 3.49. The maximum Gasteiger partial charge on any atom is 0.227 e. The van der Waals surface area contributed by atoms with Crippen molar-refractivity contribution in [3.8, 4) is 34.0 Å². The Morgan fingerprint density at radius 2 is 1.27 bits per heavy atom. The highest BCUT2D eigenvalue weighted by Crippen LogP contribution is 2.37. The molecule has 170 valence electrons. The molecular formula is C27H29N3O3. The van der Waals surface area contributed by atoms with Crippen molar-refractivity contribution in [2.24, 2.45) is 0 Å². The maximum atomic E-state index is 6.31. The SMILES string of the molecule is CCON(OCC)c1ccc(-c2nc(-c3ccc(N(C)C)cc3)oc2-c2ccccc2)cc1. The van der Waals surface area contributed by atoms with E-state index in [2.05, 4.69) is 17.0 Å². The van der Waals surface area contributed by atoms with Crippen molar-refractivity contribution in [1.29, 1.82) is 0 Å². The van der Waals surface area contributed by atoms with Crippen molar-refractivity contribution < 1.29 is 14.1 Å². The van der Waals surface area contributed by atoms with E-state index in [4.69, 9.17) is 19.1 Å². The number of benzene rings is 3. The zero-order chi connectivity index (χ0) is 23.2. The predicted octanol–water partition coefficient (Wildman–Crippen LogP) is 6.45. The molecule has 4 aromatic rings. The van der Waals surface area contributed by atoms with E-state index < -0.39 is 0 Å². The summed E-state index contributed by atoms with van der Waals surface area (Å²) < 4.78 is 6.31. The van der Waals surface area contributed by atoms with Gasteiger partial charge in [0.2, 0.25) is 5.89 Å². The van der Waals surface area contributed by atoms with E-state index >= 15 is 0 Å². The van der Waals surface area contributed by atoms with Gasteiger partial charge in [-0.15, -0.1) is 5.23 Å². The lowest BCUT2D eigenvalue weighted by Gasteiger charge is -2.21. The van der Waals surface area contributed by atoms with E-state index in [0.29, 0.717) is 19.1 Å². The number of nitrogens with zero attached hydrogens (tertiary/aromatic N) is 3. The third kappa shape index (κ3) is 5.08. The third-order valence-electron chi connectivity index (χ3n) is 5.14. The van der Waals surface area contributed by atoms with Gasteiger partial charge in [-0.2, -0.15) is 0 Å². The Morgan fingerprint density at radius 1 is 0.697 bits per heavy atom. The second-order valence-corrected chi connectivity index (χ2v) is 7.64. The van der Waals surface area contributed by atoms with Crippen LogP contribution < -0.4 is 10.1 Å². The summed E-state index contributed by atoms with van der Waals surface area (Å²) >= 11 is 0. The molecule has 0 saturated carbocycles. The fraction of sp³-hybridized carbons (Fsp3) is 0.222. The second-order valence-electron chi connectivity index (χ2n) is 7.64. The molecule has 0 aliphatic rings. The van der Waals surface area contributed by atoms with Crippen LogP contribution in [0.4, 0.5) is 11.4 Å². The molecule has 0 amide bonds. The summed E-state index contributed by atoms with van der Waals surface area (Å²) in [4.78, 5) is 18.1. The average Bonchev–Trinajstić information content (AvgIpc) is 3.30. The van der Waals surface area contributed by atoms with Gasteiger partial charge in [0.15, 0.2) is 5.76 Å². The number of hydrogen-bond acceptors (Lipinski definition) is 6. The first-order valence-corrected chi connectivity index (χ1v) is 11.1. The van der Waals surface area contributed by atoms with E-state index in [1.807, 2.05) is 94.7 Å². The summed E-state index contributed by atoms with van der Waals surface area (Å²) in [6.07, 6.45) is 0. The number of aromatic nitrogens is 1. The van der Waals surface area contributed by atoms with E-state index in [0.717, 1.165) is 39.5 Å². The van der Waals surface area contributed by atoms with Gasteiger partial charge in [0, 0.05) is 36.5 Å². The van der Waals surface area contributed by atoms with Crippen LogP contribution in [-0.4, -0.2) is 32.3 Å². The van der Waals surface area contributed by atoms with Crippen molar-refractivity contribution in [2.45, 2.75) is 13.8 Å². The lowest BCUT2D eigenvalue weighted by molar-refractivity contribution is -0.0817. The smallest absolute Gasteiger partial charge is 0.227 e. The summed E-state index contributed by atoms with van der Waals surface area (Å²) in [5.41, 5.74) is 5.58. The Morgan fingerprint density at radius 3 is 1.85 bits per heavy atom. The van der Waals surface area contributed by atoms with Gasteiger partial charge < -0.3 is 9.32 Å². The number of oxazole rings is 1. The summed E-state index contributed by atoms with van der Waals surface area (Å²) in [6.45, 7) is 4.88. The Labute approximate surface area is 194 Å². The normalized spacial score (nSPS) is 10.9. The van der Waals surface area contributed by atoms with Crippen molar-refractivity contribution in [3.63, 3.8) is 0 Å². The van der Waals surface area contributed by atoms with E-state index in [1.54, 1.807) is 0 Å². The first kappa shape index (κ1) is 22.6. The van der Waals surface area contributed by atoms with Crippen molar-refractivity contribution >= 4 is 11.4 Å². The van der Waals surface area contributed by atoms with Gasteiger partial charge in [-0.3, -0.25) is 0 Å². The van der Waals surface area contributed by atoms with Crippen LogP contribution in [0.2, 0.25) is 0 Å². The zero-order valence-electron chi connectivity index (χ0n) is 19.5. The molecule has 3 aromatic carbocycles. The molecule has 6 nitrogen and oxygen atoms in total. The zero-order valence-corrected chi connectivity index (χ0v) is 19.5. The van der Waals surface area contributed by atoms with Crippen LogP contribution in [0.3, 0.4) is 0 Å². The number of hydrogen-bond donors (Lipinski definition) is 0. The molecular weight excluding hydrogens is 414 g/mol. The van der Waals surface area contributed by atoms with Crippen LogP contribution in [0.25, 0.3) is 34.0 Å². The van der Waals surface area contributed by atoms with Gasteiger partial charge in [0.1, 0.15) is 5.69 Å². The van der Waals surface area contributed by atoms with Gasteiger partial charge in [0.05, 0.1) is 18.9 Å². The molecule has 0 saturated heterocycles. The molecule has 0 fully saturated rings. The molecule has 0 spiro atoms. The van der Waals surface area contributed by atoms with Crippen molar-refractivity contribution in [3.05, 3.63) is 78.9 Å². The maximum absolute atomic E-state index is 6.31. The molecule has 1 heterocycles. The molecule has 0 aliphatic carbocycles. The fourth-order valence-corrected chi connectivity index (χ4v) is 3.49. The van der Waals surface area contributed by atoms with Crippen molar-refractivity contribution in [1.82, 2.24) is 4.98 Å². The minimum absolute atomic E-state index is 0.513. The van der Waals surface area contributed by atoms with Crippen LogP contribution in [0.1, 0.15) is 13.8 Å². The monoisotopic (exact) mass is 443 g/mol. The van der Waals surface area contributed by atoms with E-state index in [-0.39, 0.29) is 0 Å². The van der Waals surface area contributed by atoms with E-state index in [9.17, 15) is 0 Å². The van der Waals surface area contributed by atoms with Gasteiger partial charge >= 0.3 is 0 Å². The van der Waals surface area contributed by atoms with Crippen LogP contribution in [0.15, 0.2) is 83.3 Å². The highest BCUT2D eigenvalue weighted by Gasteiger charge is 2.19. The molecule has 0 bridgehead atoms. The first-order chi connectivity index (χ1) is 16.1. The Kier molecular flexibility index (Phi) is 7.07. The van der Waals surface area contributed by atoms with Crippen LogP contribution in [0, 0.1) is 0 Å². The Bertz CT molecular complexity index is 1150. The largest absolute Gasteiger partial charge is 0.435 e. The van der Waals surface area contributed by atoms with Crippen LogP contribution in [-0.2, 0) is 9.68 Å². The Balaban J connectivity index is 1.74. The number of anilines is 2. The number of rotatable bonds is 9. The lowest BCUT2D eigenvalue weighted by atomic mass is 10.1. The molecule has 0 unspecified atom stereocenters. The van der Waals surface area contributed by atoms with Gasteiger partial charge in [-0.1, -0.05) is 42.5 Å². The van der Waals surface area contributed by atoms with E-state index in [1.165, 1.54) is 5.23 Å². The highest BCUT2D eigenvalue weighted by molar-refractivity contribution is 5.79. The quantitative estimate of drug-likeness (QED) is 0.277. The molecule has 6 heteroatoms. The van der Waals surface area contributed by atoms with Gasteiger partial charge in [0.25, 0.3) is 0 Å². The minimum Gasteiger partial charge on any atom is -0.435 e. The highest BCUT2D eigenvalue weighted by atomic mass is 16.9. The molecule has 0 atom stereocenters. The van der Waals surface area contributed by atoms with Gasteiger partial charge in [-0.05, 0) is 50.2 Å². The molecule has 1 aromatic heterocycles. The van der Waals surface area contributed by atoms with Crippen LogP contribution in [0.5, 0.6) is 0 Å². The summed E-state index contributed by atoms with van der Waals surface area (Å²) in [7, 11) is 4.04. The third-order valence-corrected chi connectivity index (χ3v) is 5.14. The molecule has 4 rings (SSSR count). The molecule has 0 radical (unpaired) electrons. The second kappa shape index (κ2) is 10.3. The molecule has 0 N–H and O–H groups in total. The van der Waals surface area contributed by atoms with Crippen molar-refractivity contribution in [2.75, 3.05) is 37.4 Å². The van der Waals surface area contributed by atoms with Gasteiger partial charge in [-0.25, -0.2) is 14.7 Å². The lowest BCUT2D eigenvalue weighted by Crippen LogP contribution is -2.23. The predicted molar refractivity (Wildman–Crippen MR) is 133 cm³/mol. The molecule has 0 aliphatic heterocycles. The summed E-state index contributed by atoms with van der Waals surface area (Å²) in [6, 6.07) is 26.2. The van der Waals surface area contributed by atoms with Crippen LogP contribution >= 0.6 is 0 Å². The molecule has 33 heavy (non-hydrogen) atoms. The summed E-state index contributed by atoms with van der Waals surface area (Å²) in [5, 5.41) is 1.45. The minimum atomic E-state index is 0.513. The Hall–Kier alpha value is -3.61. The standard InChI is InChI=1S/C27H29N3O3/c1-5-31-30(32-6-2)24-18-12-20(13-19-24)25-26(21-10-8-7-9-11-21)33-27(28-25)22-14-16-23(17-15-22)29(3)4/h7-19H,5-6H2,1-4H3. The first-order valence-electron chi connectivity index (χ1n) is 11.1.